The van der Waals surface area contributed by atoms with Gasteiger partial charge in [-0.1, -0.05) is 103 Å². The smallest absolute Gasteiger partial charge is 0.0971 e. The Morgan fingerprint density at radius 2 is 0.884 bits per heavy atom. The van der Waals surface area contributed by atoms with Crippen LogP contribution >= 0.6 is 0 Å². The molecule has 3 nitrogen and oxygen atoms in total. The second-order valence-electron chi connectivity index (χ2n) is 11.1. The summed E-state index contributed by atoms with van der Waals surface area (Å²) in [7, 11) is 0. The van der Waals surface area contributed by atoms with E-state index in [0.29, 0.717) is 0 Å². The largest absolute Gasteiger partial charge is 0.309 e. The van der Waals surface area contributed by atoms with Crippen LogP contribution in [0.5, 0.6) is 0 Å². The van der Waals surface area contributed by atoms with E-state index in [0.717, 1.165) is 27.5 Å². The van der Waals surface area contributed by atoms with Crippen molar-refractivity contribution in [3.05, 3.63) is 152 Å². The molecule has 2 heterocycles. The Bertz CT molecular complexity index is 2450. The van der Waals surface area contributed by atoms with Crippen LogP contribution in [0.3, 0.4) is 0 Å². The Kier molecular flexibility index (Phi) is 5.20. The van der Waals surface area contributed by atoms with E-state index in [-0.39, 0.29) is 0 Å². The van der Waals surface area contributed by atoms with Gasteiger partial charge in [-0.15, -0.1) is 0 Å². The van der Waals surface area contributed by atoms with E-state index in [1.807, 2.05) is 0 Å². The number of hydrogen-bond acceptors (Lipinski definition) is 2. The van der Waals surface area contributed by atoms with Gasteiger partial charge < -0.3 is 4.57 Å². The first-order valence-electron chi connectivity index (χ1n) is 14.6. The first-order valence-corrected chi connectivity index (χ1v) is 14.6. The molecule has 0 radical (unpaired) electrons. The van der Waals surface area contributed by atoms with Crippen molar-refractivity contribution in [1.82, 2.24) is 14.5 Å². The van der Waals surface area contributed by atoms with Crippen LogP contribution in [0.25, 0.3) is 82.3 Å². The highest BCUT2D eigenvalue weighted by atomic mass is 15.0. The van der Waals surface area contributed by atoms with Crippen molar-refractivity contribution in [2.45, 2.75) is 0 Å². The number of rotatable bonds is 3. The first-order chi connectivity index (χ1) is 21.3. The first kappa shape index (κ1) is 23.9. The molecule has 0 atom stereocenters. The quantitative estimate of drug-likeness (QED) is 0.206. The fraction of sp³-hybridized carbons (Fsp3) is 0. The number of hydrogen-bond donors (Lipinski definition) is 0. The second kappa shape index (κ2) is 9.37. The lowest BCUT2D eigenvalue weighted by Crippen LogP contribution is -1.94. The third kappa shape index (κ3) is 3.68. The number of benzene rings is 7. The van der Waals surface area contributed by atoms with Crippen LogP contribution in [0, 0.1) is 0 Å². The zero-order valence-corrected chi connectivity index (χ0v) is 23.3. The number of aromatic nitrogens is 3. The molecule has 0 N–H and O–H groups in total. The summed E-state index contributed by atoms with van der Waals surface area (Å²) in [6, 6.07) is 50.2. The van der Waals surface area contributed by atoms with Crippen molar-refractivity contribution in [1.29, 1.82) is 0 Å². The van der Waals surface area contributed by atoms with Gasteiger partial charge in [0.05, 0.1) is 22.1 Å². The summed E-state index contributed by atoms with van der Waals surface area (Å²) in [6.07, 6.45) is 3.55. The zero-order valence-electron chi connectivity index (χ0n) is 23.3. The molecule has 0 unspecified atom stereocenters. The highest BCUT2D eigenvalue weighted by Gasteiger charge is 2.14. The summed E-state index contributed by atoms with van der Waals surface area (Å²) in [4.78, 5) is 9.38. The van der Waals surface area contributed by atoms with Crippen molar-refractivity contribution in [3.63, 3.8) is 0 Å². The molecule has 0 saturated carbocycles. The van der Waals surface area contributed by atoms with Gasteiger partial charge in [0.2, 0.25) is 0 Å². The molecule has 0 amide bonds. The van der Waals surface area contributed by atoms with Gasteiger partial charge in [0.25, 0.3) is 0 Å². The number of para-hydroxylation sites is 1. The number of fused-ring (bicyclic) bond motifs is 9. The second-order valence-corrected chi connectivity index (χ2v) is 11.1. The van der Waals surface area contributed by atoms with E-state index < -0.39 is 0 Å². The van der Waals surface area contributed by atoms with Crippen LogP contribution in [0.4, 0.5) is 0 Å². The minimum Gasteiger partial charge on any atom is -0.309 e. The zero-order chi connectivity index (χ0) is 28.3. The predicted octanol–water partition coefficient (Wildman–Crippen LogP) is 10.4. The SMILES string of the molecule is c1ccc(-c2ccc3c(c2)c2ccccc2n3-c2ccc(-c3ccc4c(c3)c3ccccc3c3nccnc43)cc2)cc1. The highest BCUT2D eigenvalue weighted by Crippen LogP contribution is 2.37. The van der Waals surface area contributed by atoms with E-state index in [1.165, 1.54) is 54.8 Å². The molecule has 9 rings (SSSR count). The minimum absolute atomic E-state index is 0.944. The van der Waals surface area contributed by atoms with Gasteiger partial charge >= 0.3 is 0 Å². The molecule has 200 valence electrons. The van der Waals surface area contributed by atoms with Crippen molar-refractivity contribution < 1.29 is 0 Å². The average molecular weight is 548 g/mol. The summed E-state index contributed by atoms with van der Waals surface area (Å²) in [5, 5.41) is 7.18. The minimum atomic E-state index is 0.944. The average Bonchev–Trinajstić information content (AvgIpc) is 3.42. The van der Waals surface area contributed by atoms with Crippen molar-refractivity contribution in [2.24, 2.45) is 0 Å². The molecule has 9 aromatic rings. The Balaban J connectivity index is 1.18. The maximum Gasteiger partial charge on any atom is 0.0971 e. The summed E-state index contributed by atoms with van der Waals surface area (Å²) in [5.41, 5.74) is 10.3. The van der Waals surface area contributed by atoms with Crippen LogP contribution in [0.15, 0.2) is 152 Å². The molecule has 0 spiro atoms. The normalized spacial score (nSPS) is 11.7. The molecule has 7 aromatic carbocycles. The van der Waals surface area contributed by atoms with E-state index in [9.17, 15) is 0 Å². The third-order valence-electron chi connectivity index (χ3n) is 8.68. The van der Waals surface area contributed by atoms with Gasteiger partial charge in [0, 0.05) is 39.6 Å². The Morgan fingerprint density at radius 3 is 1.65 bits per heavy atom. The van der Waals surface area contributed by atoms with Crippen molar-refractivity contribution >= 4 is 54.4 Å². The molecule has 2 aromatic heterocycles. The molecular weight excluding hydrogens is 522 g/mol. The molecule has 3 heteroatoms. The molecule has 0 fully saturated rings. The highest BCUT2D eigenvalue weighted by molar-refractivity contribution is 6.23. The monoisotopic (exact) mass is 547 g/mol. The molecule has 0 aliphatic carbocycles. The van der Waals surface area contributed by atoms with E-state index in [1.54, 1.807) is 12.4 Å². The van der Waals surface area contributed by atoms with E-state index >= 15 is 0 Å². The maximum atomic E-state index is 4.71. The van der Waals surface area contributed by atoms with Gasteiger partial charge in [-0.3, -0.25) is 9.97 Å². The van der Waals surface area contributed by atoms with Crippen molar-refractivity contribution in [3.8, 4) is 27.9 Å². The van der Waals surface area contributed by atoms with Crippen LogP contribution in [0.2, 0.25) is 0 Å². The van der Waals surface area contributed by atoms with E-state index in [4.69, 9.17) is 4.98 Å². The summed E-state index contributed by atoms with van der Waals surface area (Å²) < 4.78 is 2.38. The molecule has 43 heavy (non-hydrogen) atoms. The Hall–Kier alpha value is -5.80. The molecule has 0 aliphatic rings. The Morgan fingerprint density at radius 1 is 0.349 bits per heavy atom. The topological polar surface area (TPSA) is 30.7 Å². The number of nitrogens with zero attached hydrogens (tertiary/aromatic N) is 3. The standard InChI is InChI=1S/C40H25N3/c1-2-8-26(9-3-1)29-17-21-38-36(25-29)32-11-6-7-13-37(32)43(38)30-18-14-27(15-19-30)28-16-20-34-35(24-28)31-10-4-5-12-33(31)39-40(34)42-23-22-41-39/h1-25H. The predicted molar refractivity (Wildman–Crippen MR) is 180 cm³/mol. The summed E-state index contributed by atoms with van der Waals surface area (Å²) in [5.74, 6) is 0. The lowest BCUT2D eigenvalue weighted by molar-refractivity contribution is 1.18. The van der Waals surface area contributed by atoms with Gasteiger partial charge in [0.1, 0.15) is 0 Å². The molecular formula is C40H25N3. The Labute approximate surface area is 248 Å². The van der Waals surface area contributed by atoms with E-state index in [2.05, 4.69) is 149 Å². The molecule has 0 bridgehead atoms. The van der Waals surface area contributed by atoms with Gasteiger partial charge in [-0.05, 0) is 69.4 Å². The van der Waals surface area contributed by atoms with Crippen LogP contribution in [0.1, 0.15) is 0 Å². The summed E-state index contributed by atoms with van der Waals surface area (Å²) >= 11 is 0. The van der Waals surface area contributed by atoms with Crippen LogP contribution < -0.4 is 0 Å². The van der Waals surface area contributed by atoms with Crippen LogP contribution in [-0.4, -0.2) is 14.5 Å². The fourth-order valence-electron chi connectivity index (χ4n) is 6.67. The summed E-state index contributed by atoms with van der Waals surface area (Å²) in [6.45, 7) is 0. The lowest BCUT2D eigenvalue weighted by atomic mass is 9.95. The van der Waals surface area contributed by atoms with Crippen LogP contribution in [-0.2, 0) is 0 Å². The third-order valence-corrected chi connectivity index (χ3v) is 8.68. The fourth-order valence-corrected chi connectivity index (χ4v) is 6.67. The van der Waals surface area contributed by atoms with Gasteiger partial charge in [0.15, 0.2) is 0 Å². The molecule has 0 saturated heterocycles. The van der Waals surface area contributed by atoms with Crippen molar-refractivity contribution in [2.75, 3.05) is 0 Å². The molecule has 0 aliphatic heterocycles. The lowest BCUT2D eigenvalue weighted by Gasteiger charge is -2.12. The maximum absolute atomic E-state index is 4.71. The van der Waals surface area contributed by atoms with Gasteiger partial charge in [-0.25, -0.2) is 0 Å². The van der Waals surface area contributed by atoms with Gasteiger partial charge in [-0.2, -0.15) is 0 Å².